The molecule has 2 heterocycles. The first kappa shape index (κ1) is 20.1. The second-order valence-corrected chi connectivity index (χ2v) is 7.79. The highest BCUT2D eigenvalue weighted by Crippen LogP contribution is 2.26. The van der Waals surface area contributed by atoms with Crippen LogP contribution in [0, 0.1) is 6.92 Å². The zero-order chi connectivity index (χ0) is 19.4. The van der Waals surface area contributed by atoms with Gasteiger partial charge in [-0.2, -0.15) is 0 Å². The van der Waals surface area contributed by atoms with Crippen molar-refractivity contribution >= 4 is 29.1 Å². The Morgan fingerprint density at radius 3 is 2.56 bits per heavy atom. The van der Waals surface area contributed by atoms with E-state index in [9.17, 15) is 4.79 Å². The highest BCUT2D eigenvalue weighted by molar-refractivity contribution is 6.35. The third-order valence-electron chi connectivity index (χ3n) is 4.69. The number of amides is 1. The minimum atomic E-state index is -0.168. The number of nitrogens with zero attached hydrogens (tertiary/aromatic N) is 3. The van der Waals surface area contributed by atoms with E-state index in [0.29, 0.717) is 16.6 Å². The Balaban J connectivity index is 1.43. The quantitative estimate of drug-likeness (QED) is 0.791. The molecule has 1 aromatic carbocycles. The SMILES string of the molecule is Cc1cc(CN2CCN(CC(=O)NC(C)c3ccc(Cl)cc3Cl)CC2)on1. The van der Waals surface area contributed by atoms with Gasteiger partial charge in [-0.3, -0.25) is 14.6 Å². The molecule has 1 aliphatic rings. The van der Waals surface area contributed by atoms with Gasteiger partial charge >= 0.3 is 0 Å². The van der Waals surface area contributed by atoms with Crippen molar-refractivity contribution in [2.24, 2.45) is 0 Å². The minimum absolute atomic E-state index is 0.00664. The van der Waals surface area contributed by atoms with Gasteiger partial charge < -0.3 is 9.84 Å². The lowest BCUT2D eigenvalue weighted by molar-refractivity contribution is -0.123. The van der Waals surface area contributed by atoms with Crippen molar-refractivity contribution in [3.8, 4) is 0 Å². The highest BCUT2D eigenvalue weighted by Gasteiger charge is 2.21. The van der Waals surface area contributed by atoms with Crippen molar-refractivity contribution in [2.45, 2.75) is 26.4 Å². The number of aromatic nitrogens is 1. The van der Waals surface area contributed by atoms with Crippen LogP contribution in [0.4, 0.5) is 0 Å². The molecule has 1 N–H and O–H groups in total. The molecule has 1 fully saturated rings. The molecule has 0 saturated carbocycles. The van der Waals surface area contributed by atoms with Gasteiger partial charge in [0.05, 0.1) is 24.8 Å². The Morgan fingerprint density at radius 1 is 1.22 bits per heavy atom. The number of hydrogen-bond donors (Lipinski definition) is 1. The molecular formula is C19H24Cl2N4O2. The molecule has 8 heteroatoms. The van der Waals surface area contributed by atoms with Crippen LogP contribution in [0.1, 0.15) is 30.0 Å². The fraction of sp³-hybridized carbons (Fsp3) is 0.474. The average Bonchev–Trinajstić information content (AvgIpc) is 3.01. The maximum atomic E-state index is 12.4. The van der Waals surface area contributed by atoms with E-state index >= 15 is 0 Å². The predicted molar refractivity (Wildman–Crippen MR) is 106 cm³/mol. The van der Waals surface area contributed by atoms with Crippen molar-refractivity contribution in [3.05, 3.63) is 51.3 Å². The van der Waals surface area contributed by atoms with E-state index in [2.05, 4.69) is 20.3 Å². The molecule has 3 rings (SSSR count). The summed E-state index contributed by atoms with van der Waals surface area (Å²) in [6.45, 7) is 8.45. The molecule has 1 aliphatic heterocycles. The maximum Gasteiger partial charge on any atom is 0.234 e. The van der Waals surface area contributed by atoms with E-state index in [1.807, 2.05) is 26.0 Å². The number of rotatable bonds is 6. The lowest BCUT2D eigenvalue weighted by atomic mass is 10.1. The van der Waals surface area contributed by atoms with E-state index in [1.165, 1.54) is 0 Å². The Labute approximate surface area is 169 Å². The molecule has 0 spiro atoms. The maximum absolute atomic E-state index is 12.4. The second kappa shape index (κ2) is 9.06. The molecule has 0 radical (unpaired) electrons. The molecule has 1 saturated heterocycles. The van der Waals surface area contributed by atoms with Crippen molar-refractivity contribution in [1.82, 2.24) is 20.3 Å². The summed E-state index contributed by atoms with van der Waals surface area (Å²) in [6, 6.07) is 7.11. The summed E-state index contributed by atoms with van der Waals surface area (Å²) < 4.78 is 5.27. The lowest BCUT2D eigenvalue weighted by Crippen LogP contribution is -2.49. The number of carbonyl (C=O) groups is 1. The number of hydrogen-bond acceptors (Lipinski definition) is 5. The van der Waals surface area contributed by atoms with Crippen LogP contribution in [0.2, 0.25) is 10.0 Å². The van der Waals surface area contributed by atoms with E-state index in [1.54, 1.807) is 12.1 Å². The van der Waals surface area contributed by atoms with Gasteiger partial charge in [0.15, 0.2) is 5.76 Å². The first-order chi connectivity index (χ1) is 12.9. The van der Waals surface area contributed by atoms with Crippen LogP contribution in [0.5, 0.6) is 0 Å². The van der Waals surface area contributed by atoms with Gasteiger partial charge in [-0.25, -0.2) is 0 Å². The van der Waals surface area contributed by atoms with E-state index < -0.39 is 0 Å². The first-order valence-electron chi connectivity index (χ1n) is 9.02. The average molecular weight is 411 g/mol. The third-order valence-corrected chi connectivity index (χ3v) is 5.26. The van der Waals surface area contributed by atoms with E-state index in [4.69, 9.17) is 27.7 Å². The fourth-order valence-corrected chi connectivity index (χ4v) is 3.81. The van der Waals surface area contributed by atoms with Crippen molar-refractivity contribution in [3.63, 3.8) is 0 Å². The zero-order valence-electron chi connectivity index (χ0n) is 15.5. The molecular weight excluding hydrogens is 387 g/mol. The summed E-state index contributed by atoms with van der Waals surface area (Å²) in [5.74, 6) is 0.875. The number of halogens is 2. The van der Waals surface area contributed by atoms with Crippen LogP contribution in [-0.4, -0.2) is 53.6 Å². The standard InChI is InChI=1S/C19H24Cl2N4O2/c1-13-9-16(27-23-13)11-24-5-7-25(8-6-24)12-19(26)22-14(2)17-4-3-15(20)10-18(17)21/h3-4,9-10,14H,5-8,11-12H2,1-2H3,(H,22,26). The van der Waals surface area contributed by atoms with Crippen molar-refractivity contribution in [1.29, 1.82) is 0 Å². The lowest BCUT2D eigenvalue weighted by Gasteiger charge is -2.33. The molecule has 1 atom stereocenters. The van der Waals surface area contributed by atoms with Crippen LogP contribution in [0.3, 0.4) is 0 Å². The Bertz CT molecular complexity index is 788. The van der Waals surface area contributed by atoms with Gasteiger partial charge in [-0.05, 0) is 31.5 Å². The molecule has 2 aromatic rings. The summed E-state index contributed by atoms with van der Waals surface area (Å²) in [7, 11) is 0. The zero-order valence-corrected chi connectivity index (χ0v) is 17.1. The number of piperazine rings is 1. The predicted octanol–water partition coefficient (Wildman–Crippen LogP) is 3.28. The molecule has 27 heavy (non-hydrogen) atoms. The van der Waals surface area contributed by atoms with Crippen LogP contribution in [0.25, 0.3) is 0 Å². The molecule has 0 aliphatic carbocycles. The van der Waals surface area contributed by atoms with Crippen LogP contribution in [0.15, 0.2) is 28.8 Å². The third kappa shape index (κ3) is 5.69. The Hall–Kier alpha value is -1.60. The van der Waals surface area contributed by atoms with E-state index in [-0.39, 0.29) is 11.9 Å². The van der Waals surface area contributed by atoms with Gasteiger partial charge in [-0.1, -0.05) is 34.4 Å². The Morgan fingerprint density at radius 2 is 1.93 bits per heavy atom. The molecule has 1 aromatic heterocycles. The van der Waals surface area contributed by atoms with Gasteiger partial charge in [0.1, 0.15) is 0 Å². The summed E-state index contributed by atoms with van der Waals surface area (Å²) in [6.07, 6.45) is 0. The molecule has 146 valence electrons. The summed E-state index contributed by atoms with van der Waals surface area (Å²) >= 11 is 12.1. The highest BCUT2D eigenvalue weighted by atomic mass is 35.5. The molecule has 0 bridgehead atoms. The summed E-state index contributed by atoms with van der Waals surface area (Å²) in [5, 5.41) is 8.08. The van der Waals surface area contributed by atoms with Crippen molar-refractivity contribution in [2.75, 3.05) is 32.7 Å². The van der Waals surface area contributed by atoms with Gasteiger partial charge in [0.25, 0.3) is 0 Å². The first-order valence-corrected chi connectivity index (χ1v) is 9.77. The van der Waals surface area contributed by atoms with E-state index in [0.717, 1.165) is 49.7 Å². The monoisotopic (exact) mass is 410 g/mol. The second-order valence-electron chi connectivity index (χ2n) is 6.94. The minimum Gasteiger partial charge on any atom is -0.360 e. The van der Waals surface area contributed by atoms with Crippen LogP contribution < -0.4 is 5.32 Å². The molecule has 1 unspecified atom stereocenters. The van der Waals surface area contributed by atoms with Crippen LogP contribution >= 0.6 is 23.2 Å². The number of carbonyl (C=O) groups excluding carboxylic acids is 1. The molecule has 1 amide bonds. The largest absolute Gasteiger partial charge is 0.360 e. The van der Waals surface area contributed by atoms with Gasteiger partial charge in [0.2, 0.25) is 5.91 Å². The van der Waals surface area contributed by atoms with Gasteiger partial charge in [0, 0.05) is 42.3 Å². The number of benzene rings is 1. The topological polar surface area (TPSA) is 61.6 Å². The normalized spacial score (nSPS) is 17.0. The fourth-order valence-electron chi connectivity index (χ4n) is 3.24. The van der Waals surface area contributed by atoms with Crippen LogP contribution in [-0.2, 0) is 11.3 Å². The summed E-state index contributed by atoms with van der Waals surface area (Å²) in [4.78, 5) is 16.9. The summed E-state index contributed by atoms with van der Waals surface area (Å²) in [5.41, 5.74) is 1.76. The smallest absolute Gasteiger partial charge is 0.234 e. The number of nitrogens with one attached hydrogen (secondary N) is 1. The number of aryl methyl sites for hydroxylation is 1. The Kier molecular flexibility index (Phi) is 6.76. The molecule has 6 nitrogen and oxygen atoms in total. The van der Waals surface area contributed by atoms with Gasteiger partial charge in [-0.15, -0.1) is 0 Å². The van der Waals surface area contributed by atoms with Crippen molar-refractivity contribution < 1.29 is 9.32 Å².